The molecule has 5 aromatic rings. The molecule has 0 atom stereocenters. The van der Waals surface area contributed by atoms with Crippen molar-refractivity contribution in [2.75, 3.05) is 18.5 Å². The predicted molar refractivity (Wildman–Crippen MR) is 156 cm³/mol. The number of halogens is 1. The van der Waals surface area contributed by atoms with Gasteiger partial charge in [0.1, 0.15) is 5.75 Å². The summed E-state index contributed by atoms with van der Waals surface area (Å²) >= 11 is 6.24. The summed E-state index contributed by atoms with van der Waals surface area (Å²) in [6.45, 7) is 2.71. The Morgan fingerprint density at radius 1 is 0.795 bits per heavy atom. The molecule has 0 spiro atoms. The lowest BCUT2D eigenvalue weighted by atomic mass is 10.0. The van der Waals surface area contributed by atoms with E-state index < -0.39 is 11.9 Å². The Morgan fingerprint density at radius 2 is 1.41 bits per heavy atom. The van der Waals surface area contributed by atoms with Gasteiger partial charge in [0.15, 0.2) is 5.75 Å². The summed E-state index contributed by atoms with van der Waals surface area (Å²) in [6, 6.07) is 27.6. The number of carbonyl (C=O) groups is 2. The molecule has 0 aliphatic rings. The van der Waals surface area contributed by atoms with Crippen molar-refractivity contribution in [3.63, 3.8) is 0 Å². The molecule has 1 amide bonds. The number of nitrogens with one attached hydrogen (secondary N) is 1. The summed E-state index contributed by atoms with van der Waals surface area (Å²) in [5.41, 5.74) is 7.48. The molecule has 0 saturated carbocycles. The number of anilines is 1. The van der Waals surface area contributed by atoms with Crippen LogP contribution in [-0.2, 0) is 0 Å². The Bertz CT molecular complexity index is 1700. The summed E-state index contributed by atoms with van der Waals surface area (Å²) in [6.07, 6.45) is 0.652. The minimum atomic E-state index is -0.549. The molecular weight excluding hydrogens is 512 g/mol. The number of rotatable bonds is 8. The van der Waals surface area contributed by atoms with Crippen molar-refractivity contribution in [3.05, 3.63) is 113 Å². The molecule has 0 heterocycles. The first kappa shape index (κ1) is 26.2. The molecule has 0 bridgehead atoms. The van der Waals surface area contributed by atoms with E-state index in [4.69, 9.17) is 26.8 Å². The second-order valence-electron chi connectivity index (χ2n) is 9.18. The van der Waals surface area contributed by atoms with Crippen molar-refractivity contribution in [3.8, 4) is 11.5 Å². The second kappa shape index (κ2) is 11.6. The molecule has 0 aromatic heterocycles. The number of aryl methyl sites for hydroxylation is 1. The van der Waals surface area contributed by atoms with Crippen LogP contribution < -0.4 is 20.5 Å². The predicted octanol–water partition coefficient (Wildman–Crippen LogP) is 7.15. The minimum absolute atomic E-state index is 0.139. The highest BCUT2D eigenvalue weighted by Crippen LogP contribution is 2.32. The quantitative estimate of drug-likeness (QED) is 0.124. The number of amides is 1. The summed E-state index contributed by atoms with van der Waals surface area (Å²) in [7, 11) is 0. The molecule has 0 saturated heterocycles. The Labute approximate surface area is 231 Å². The SMILES string of the molecule is Cc1cc2ccccc2cc1C(=O)Oc1cc(Cl)ccc1NC(=O)c1cc2ccccc2cc1OCCCN. The maximum Gasteiger partial charge on any atom is 0.343 e. The van der Waals surface area contributed by atoms with Gasteiger partial charge in [-0.3, -0.25) is 4.79 Å². The van der Waals surface area contributed by atoms with Crippen LogP contribution in [0.2, 0.25) is 5.02 Å². The minimum Gasteiger partial charge on any atom is -0.493 e. The van der Waals surface area contributed by atoms with Gasteiger partial charge in [-0.2, -0.15) is 0 Å². The Balaban J connectivity index is 1.45. The summed E-state index contributed by atoms with van der Waals surface area (Å²) in [5.74, 6) is -0.378. The molecule has 7 heteroatoms. The van der Waals surface area contributed by atoms with Gasteiger partial charge in [-0.1, -0.05) is 66.2 Å². The van der Waals surface area contributed by atoms with Gasteiger partial charge in [0.2, 0.25) is 0 Å². The van der Waals surface area contributed by atoms with E-state index in [-0.39, 0.29) is 5.75 Å². The lowest BCUT2D eigenvalue weighted by molar-refractivity contribution is 0.0734. The zero-order valence-electron chi connectivity index (χ0n) is 21.4. The maximum absolute atomic E-state index is 13.5. The third-order valence-electron chi connectivity index (χ3n) is 6.41. The number of hydrogen-bond acceptors (Lipinski definition) is 5. The van der Waals surface area contributed by atoms with E-state index in [9.17, 15) is 9.59 Å². The normalized spacial score (nSPS) is 10.9. The van der Waals surface area contributed by atoms with Gasteiger partial charge in [-0.15, -0.1) is 0 Å². The standard InChI is InChI=1S/C32H27ClN2O4/c1-20-15-21-7-2-3-8-22(21)16-26(20)32(37)39-30-19-25(33)11-12-28(30)35-31(36)27-17-23-9-4-5-10-24(23)18-29(27)38-14-6-13-34/h2-5,7-12,15-19H,6,13-14,34H2,1H3,(H,35,36). The number of hydrogen-bond donors (Lipinski definition) is 2. The van der Waals surface area contributed by atoms with Crippen LogP contribution in [0.5, 0.6) is 11.5 Å². The van der Waals surface area contributed by atoms with Gasteiger partial charge < -0.3 is 20.5 Å². The number of ether oxygens (including phenoxy) is 2. The highest BCUT2D eigenvalue weighted by atomic mass is 35.5. The van der Waals surface area contributed by atoms with Crippen molar-refractivity contribution in [1.82, 2.24) is 0 Å². The van der Waals surface area contributed by atoms with E-state index in [1.165, 1.54) is 6.07 Å². The molecule has 0 radical (unpaired) electrons. The topological polar surface area (TPSA) is 90.6 Å². The van der Waals surface area contributed by atoms with Crippen molar-refractivity contribution >= 4 is 50.7 Å². The Hall–Kier alpha value is -4.39. The fourth-order valence-electron chi connectivity index (χ4n) is 4.38. The first-order valence-electron chi connectivity index (χ1n) is 12.6. The zero-order chi connectivity index (χ0) is 27.4. The molecule has 39 heavy (non-hydrogen) atoms. The van der Waals surface area contributed by atoms with E-state index >= 15 is 0 Å². The summed E-state index contributed by atoms with van der Waals surface area (Å²) in [5, 5.41) is 7.03. The average Bonchev–Trinajstić information content (AvgIpc) is 2.93. The second-order valence-corrected chi connectivity index (χ2v) is 9.62. The molecule has 0 unspecified atom stereocenters. The van der Waals surface area contributed by atoms with Gasteiger partial charge in [0, 0.05) is 11.1 Å². The van der Waals surface area contributed by atoms with Crippen LogP contribution in [0.25, 0.3) is 21.5 Å². The van der Waals surface area contributed by atoms with Crippen LogP contribution in [0, 0.1) is 6.92 Å². The smallest absolute Gasteiger partial charge is 0.343 e. The largest absolute Gasteiger partial charge is 0.493 e. The number of fused-ring (bicyclic) bond motifs is 2. The van der Waals surface area contributed by atoms with Gasteiger partial charge in [-0.25, -0.2) is 4.79 Å². The van der Waals surface area contributed by atoms with Crippen LogP contribution in [0.1, 0.15) is 32.7 Å². The molecule has 0 aliphatic heterocycles. The van der Waals surface area contributed by atoms with Crippen molar-refractivity contribution < 1.29 is 19.1 Å². The number of benzene rings is 5. The summed E-state index contributed by atoms with van der Waals surface area (Å²) < 4.78 is 11.7. The van der Waals surface area contributed by atoms with Crippen LogP contribution in [0.3, 0.4) is 0 Å². The van der Waals surface area contributed by atoms with Crippen LogP contribution in [-0.4, -0.2) is 25.0 Å². The van der Waals surface area contributed by atoms with Crippen molar-refractivity contribution in [1.29, 1.82) is 0 Å². The molecule has 0 fully saturated rings. The average molecular weight is 539 g/mol. The van der Waals surface area contributed by atoms with E-state index in [0.717, 1.165) is 27.1 Å². The zero-order valence-corrected chi connectivity index (χ0v) is 22.1. The monoisotopic (exact) mass is 538 g/mol. The highest BCUT2D eigenvalue weighted by Gasteiger charge is 2.19. The Kier molecular flexibility index (Phi) is 7.77. The maximum atomic E-state index is 13.5. The lowest BCUT2D eigenvalue weighted by Gasteiger charge is -2.16. The number of carbonyl (C=O) groups excluding carboxylic acids is 2. The van der Waals surface area contributed by atoms with E-state index in [0.29, 0.717) is 47.2 Å². The fourth-order valence-corrected chi connectivity index (χ4v) is 4.55. The van der Waals surface area contributed by atoms with Gasteiger partial charge in [0.05, 0.1) is 23.4 Å². The molecule has 196 valence electrons. The van der Waals surface area contributed by atoms with Gasteiger partial charge in [-0.05, 0) is 77.3 Å². The van der Waals surface area contributed by atoms with Gasteiger partial charge in [0.25, 0.3) is 5.91 Å². The number of esters is 1. The van der Waals surface area contributed by atoms with Gasteiger partial charge >= 0.3 is 5.97 Å². The summed E-state index contributed by atoms with van der Waals surface area (Å²) in [4.78, 5) is 26.8. The third kappa shape index (κ3) is 5.87. The third-order valence-corrected chi connectivity index (χ3v) is 6.64. The lowest BCUT2D eigenvalue weighted by Crippen LogP contribution is -2.17. The van der Waals surface area contributed by atoms with Crippen LogP contribution >= 0.6 is 11.6 Å². The first-order valence-corrected chi connectivity index (χ1v) is 13.0. The van der Waals surface area contributed by atoms with Crippen molar-refractivity contribution in [2.24, 2.45) is 5.73 Å². The fraction of sp³-hybridized carbons (Fsp3) is 0.125. The van der Waals surface area contributed by atoms with E-state index in [2.05, 4.69) is 5.32 Å². The van der Waals surface area contributed by atoms with Crippen molar-refractivity contribution in [2.45, 2.75) is 13.3 Å². The highest BCUT2D eigenvalue weighted by molar-refractivity contribution is 6.31. The van der Waals surface area contributed by atoms with Crippen LogP contribution in [0.4, 0.5) is 5.69 Å². The van der Waals surface area contributed by atoms with E-state index in [1.54, 1.807) is 24.3 Å². The molecule has 5 rings (SSSR count). The number of nitrogens with two attached hydrogens (primary N) is 1. The molecule has 6 nitrogen and oxygen atoms in total. The first-order chi connectivity index (χ1) is 18.9. The van der Waals surface area contributed by atoms with Crippen LogP contribution in [0.15, 0.2) is 91.0 Å². The molecular formula is C32H27ClN2O4. The molecule has 0 aliphatic carbocycles. The molecule has 3 N–H and O–H groups in total. The van der Waals surface area contributed by atoms with E-state index in [1.807, 2.05) is 67.6 Å². The Morgan fingerprint density at radius 3 is 2.08 bits per heavy atom. The molecule has 5 aromatic carbocycles.